The van der Waals surface area contributed by atoms with Crippen molar-refractivity contribution in [3.8, 4) is 0 Å². The van der Waals surface area contributed by atoms with Crippen LogP contribution < -0.4 is 5.32 Å². The SMILES string of the molecule is O=C1NCCCCCCN(S(=O)(=O)c2cccc(F)c2)C2CCCCC12. The van der Waals surface area contributed by atoms with Crippen molar-refractivity contribution >= 4 is 15.9 Å². The molecular formula is C19H27FN2O3S. The molecule has 0 bridgehead atoms. The third-order valence-corrected chi connectivity index (χ3v) is 7.36. The van der Waals surface area contributed by atoms with Gasteiger partial charge in [-0.2, -0.15) is 4.31 Å². The van der Waals surface area contributed by atoms with Gasteiger partial charge in [0, 0.05) is 19.1 Å². The van der Waals surface area contributed by atoms with Crippen molar-refractivity contribution < 1.29 is 17.6 Å². The zero-order valence-corrected chi connectivity index (χ0v) is 15.8. The molecule has 1 saturated heterocycles. The van der Waals surface area contributed by atoms with Crippen molar-refractivity contribution in [2.24, 2.45) is 5.92 Å². The predicted molar refractivity (Wildman–Crippen MR) is 97.5 cm³/mol. The van der Waals surface area contributed by atoms with Crippen LogP contribution in [0.3, 0.4) is 0 Å². The lowest BCUT2D eigenvalue weighted by molar-refractivity contribution is -0.127. The van der Waals surface area contributed by atoms with Crippen molar-refractivity contribution in [2.75, 3.05) is 13.1 Å². The topological polar surface area (TPSA) is 66.5 Å². The van der Waals surface area contributed by atoms with Gasteiger partial charge in [0.1, 0.15) is 5.82 Å². The first-order valence-electron chi connectivity index (χ1n) is 9.55. The largest absolute Gasteiger partial charge is 0.356 e. The van der Waals surface area contributed by atoms with Gasteiger partial charge in [-0.1, -0.05) is 31.7 Å². The van der Waals surface area contributed by atoms with Gasteiger partial charge in [-0.3, -0.25) is 4.79 Å². The number of hydrogen-bond donors (Lipinski definition) is 1. The van der Waals surface area contributed by atoms with Gasteiger partial charge in [-0.15, -0.1) is 0 Å². The summed E-state index contributed by atoms with van der Waals surface area (Å²) in [6.45, 7) is 1.03. The molecule has 1 aromatic rings. The van der Waals surface area contributed by atoms with Crippen LogP contribution in [-0.4, -0.2) is 37.8 Å². The molecule has 1 N–H and O–H groups in total. The summed E-state index contributed by atoms with van der Waals surface area (Å²) < 4.78 is 41.7. The monoisotopic (exact) mass is 382 g/mol. The van der Waals surface area contributed by atoms with E-state index in [2.05, 4.69) is 5.32 Å². The van der Waals surface area contributed by atoms with Crippen LogP contribution in [0, 0.1) is 11.7 Å². The van der Waals surface area contributed by atoms with Crippen LogP contribution in [0.4, 0.5) is 4.39 Å². The maximum atomic E-state index is 13.6. The molecule has 1 amide bonds. The van der Waals surface area contributed by atoms with Crippen LogP contribution in [0.1, 0.15) is 51.4 Å². The molecule has 1 aliphatic heterocycles. The van der Waals surface area contributed by atoms with Crippen LogP contribution in [0.25, 0.3) is 0 Å². The van der Waals surface area contributed by atoms with E-state index in [4.69, 9.17) is 0 Å². The van der Waals surface area contributed by atoms with E-state index in [9.17, 15) is 17.6 Å². The Morgan fingerprint density at radius 1 is 1.04 bits per heavy atom. The zero-order valence-electron chi connectivity index (χ0n) is 15.0. The number of rotatable bonds is 2. The van der Waals surface area contributed by atoms with Crippen LogP contribution in [0.5, 0.6) is 0 Å². The summed E-state index contributed by atoms with van der Waals surface area (Å²) >= 11 is 0. The van der Waals surface area contributed by atoms with Crippen LogP contribution in [0.15, 0.2) is 29.2 Å². The standard InChI is InChI=1S/C19H27FN2O3S/c20-15-8-7-9-16(14-15)26(24,25)22-13-6-2-1-5-12-21-19(23)17-10-3-4-11-18(17)22/h7-9,14,17-18H,1-6,10-13H2,(H,21,23). The van der Waals surface area contributed by atoms with E-state index in [0.29, 0.717) is 25.9 Å². The maximum absolute atomic E-state index is 13.6. The molecule has 2 atom stereocenters. The van der Waals surface area contributed by atoms with Gasteiger partial charge in [-0.25, -0.2) is 12.8 Å². The maximum Gasteiger partial charge on any atom is 0.243 e. The van der Waals surface area contributed by atoms with Crippen molar-refractivity contribution in [2.45, 2.75) is 62.3 Å². The fourth-order valence-electron chi connectivity index (χ4n) is 4.08. The van der Waals surface area contributed by atoms with E-state index in [1.807, 2.05) is 0 Å². The summed E-state index contributed by atoms with van der Waals surface area (Å²) in [5.74, 6) is -0.942. The predicted octanol–water partition coefficient (Wildman–Crippen LogP) is 3.07. The highest BCUT2D eigenvalue weighted by molar-refractivity contribution is 7.89. The lowest BCUT2D eigenvalue weighted by Gasteiger charge is -2.38. The normalized spacial score (nSPS) is 26.4. The quantitative estimate of drug-likeness (QED) is 0.855. The minimum Gasteiger partial charge on any atom is -0.356 e. The van der Waals surface area contributed by atoms with Gasteiger partial charge in [0.15, 0.2) is 0 Å². The van der Waals surface area contributed by atoms with E-state index >= 15 is 0 Å². The second kappa shape index (κ2) is 8.48. The van der Waals surface area contributed by atoms with E-state index in [1.54, 1.807) is 0 Å². The first kappa shape index (κ1) is 19.3. The number of carbonyl (C=O) groups excluding carboxylic acids is 1. The number of carbonyl (C=O) groups is 1. The van der Waals surface area contributed by atoms with Crippen molar-refractivity contribution in [3.05, 3.63) is 30.1 Å². The second-order valence-electron chi connectivity index (χ2n) is 7.24. The number of benzene rings is 1. The molecule has 2 unspecified atom stereocenters. The number of sulfonamides is 1. The van der Waals surface area contributed by atoms with Crippen molar-refractivity contribution in [3.63, 3.8) is 0 Å². The van der Waals surface area contributed by atoms with Gasteiger partial charge >= 0.3 is 0 Å². The molecule has 1 aliphatic carbocycles. The number of hydrogen-bond acceptors (Lipinski definition) is 3. The Kier molecular flexibility index (Phi) is 6.29. The Balaban J connectivity index is 1.97. The highest BCUT2D eigenvalue weighted by Crippen LogP contribution is 2.33. The van der Waals surface area contributed by atoms with E-state index in [1.165, 1.54) is 22.5 Å². The van der Waals surface area contributed by atoms with Gasteiger partial charge in [0.2, 0.25) is 15.9 Å². The van der Waals surface area contributed by atoms with Crippen molar-refractivity contribution in [1.82, 2.24) is 9.62 Å². The summed E-state index contributed by atoms with van der Waals surface area (Å²) in [5, 5.41) is 2.98. The smallest absolute Gasteiger partial charge is 0.243 e. The molecule has 1 aromatic carbocycles. The van der Waals surface area contributed by atoms with E-state index in [-0.39, 0.29) is 22.8 Å². The molecule has 0 radical (unpaired) electrons. The summed E-state index contributed by atoms with van der Waals surface area (Å²) in [6.07, 6.45) is 6.77. The Morgan fingerprint density at radius 3 is 2.62 bits per heavy atom. The van der Waals surface area contributed by atoms with Crippen LogP contribution in [-0.2, 0) is 14.8 Å². The molecule has 26 heavy (non-hydrogen) atoms. The average Bonchev–Trinajstić information content (AvgIpc) is 2.66. The number of halogens is 1. The van der Waals surface area contributed by atoms with Gasteiger partial charge in [0.05, 0.1) is 10.8 Å². The number of nitrogens with zero attached hydrogens (tertiary/aromatic N) is 1. The minimum absolute atomic E-state index is 0.0305. The summed E-state index contributed by atoms with van der Waals surface area (Å²) in [6, 6.07) is 4.80. The lowest BCUT2D eigenvalue weighted by atomic mass is 9.83. The van der Waals surface area contributed by atoms with Crippen LogP contribution in [0.2, 0.25) is 0 Å². The Labute approximate surface area is 155 Å². The average molecular weight is 383 g/mol. The molecular weight excluding hydrogens is 355 g/mol. The third kappa shape index (κ3) is 4.26. The summed E-state index contributed by atoms with van der Waals surface area (Å²) in [5.41, 5.74) is 0. The van der Waals surface area contributed by atoms with E-state index < -0.39 is 15.8 Å². The number of nitrogens with one attached hydrogen (secondary N) is 1. The Hall–Kier alpha value is -1.47. The fraction of sp³-hybridized carbons (Fsp3) is 0.632. The third-order valence-electron chi connectivity index (χ3n) is 5.44. The second-order valence-corrected chi connectivity index (χ2v) is 9.13. The number of amides is 1. The first-order chi connectivity index (χ1) is 12.5. The Morgan fingerprint density at radius 2 is 1.81 bits per heavy atom. The molecule has 2 fully saturated rings. The summed E-state index contributed by atoms with van der Waals surface area (Å²) in [4.78, 5) is 12.6. The van der Waals surface area contributed by atoms with Gasteiger partial charge < -0.3 is 5.32 Å². The lowest BCUT2D eigenvalue weighted by Crippen LogP contribution is -2.51. The highest BCUT2D eigenvalue weighted by Gasteiger charge is 2.40. The molecule has 5 nitrogen and oxygen atoms in total. The molecule has 2 aliphatic rings. The van der Waals surface area contributed by atoms with E-state index in [0.717, 1.165) is 44.6 Å². The Bertz CT molecular complexity index is 738. The molecule has 0 spiro atoms. The molecule has 7 heteroatoms. The van der Waals surface area contributed by atoms with Gasteiger partial charge in [0.25, 0.3) is 0 Å². The summed E-state index contributed by atoms with van der Waals surface area (Å²) in [7, 11) is -3.84. The van der Waals surface area contributed by atoms with Crippen molar-refractivity contribution in [1.29, 1.82) is 0 Å². The first-order valence-corrected chi connectivity index (χ1v) is 11.0. The minimum atomic E-state index is -3.84. The zero-order chi connectivity index (χ0) is 18.6. The molecule has 1 heterocycles. The number of fused-ring (bicyclic) bond motifs is 1. The molecule has 144 valence electrons. The molecule has 1 saturated carbocycles. The molecule has 0 aromatic heterocycles. The fourth-order valence-corrected chi connectivity index (χ4v) is 5.84. The van der Waals surface area contributed by atoms with Gasteiger partial charge in [-0.05, 0) is 43.9 Å². The highest BCUT2D eigenvalue weighted by atomic mass is 32.2. The van der Waals surface area contributed by atoms with Crippen LogP contribution >= 0.6 is 0 Å². The molecule has 3 rings (SSSR count).